The van der Waals surface area contributed by atoms with Crippen LogP contribution in [0.1, 0.15) is 31.9 Å². The first kappa shape index (κ1) is 23.3. The minimum Gasteiger partial charge on any atom is -0.376 e. The minimum atomic E-state index is -0.915. The van der Waals surface area contributed by atoms with Gasteiger partial charge in [0.05, 0.1) is 41.8 Å². The molecule has 2 aliphatic heterocycles. The maximum Gasteiger partial charge on any atom is 0.228 e. The Morgan fingerprint density at radius 3 is 2.66 bits per heavy atom. The molecule has 2 aromatic heterocycles. The average Bonchev–Trinajstić information content (AvgIpc) is 3.54. The second-order valence-electron chi connectivity index (χ2n) is 9.01. The number of ether oxygens (including phenoxy) is 3. The summed E-state index contributed by atoms with van der Waals surface area (Å²) in [7, 11) is 0. The molecule has 1 atom stereocenters. The average molecular weight is 483 g/mol. The van der Waals surface area contributed by atoms with Crippen molar-refractivity contribution >= 4 is 11.9 Å². The van der Waals surface area contributed by atoms with E-state index in [4.69, 9.17) is 24.9 Å². The minimum absolute atomic E-state index is 0.0970. The van der Waals surface area contributed by atoms with E-state index in [2.05, 4.69) is 20.3 Å². The van der Waals surface area contributed by atoms with Crippen LogP contribution >= 0.6 is 0 Å². The zero-order valence-electron chi connectivity index (χ0n) is 19.3. The molecule has 1 aromatic carbocycles. The number of nitrogens with one attached hydrogen (secondary N) is 2. The second kappa shape index (κ2) is 9.68. The molecule has 10 nitrogen and oxygen atoms in total. The predicted octanol–water partition coefficient (Wildman–Crippen LogP) is 2.80. The number of primary amides is 1. The summed E-state index contributed by atoms with van der Waals surface area (Å²) >= 11 is 0. The van der Waals surface area contributed by atoms with Crippen LogP contribution in [0.4, 0.5) is 10.3 Å². The van der Waals surface area contributed by atoms with Gasteiger partial charge in [-0.15, -0.1) is 0 Å². The summed E-state index contributed by atoms with van der Waals surface area (Å²) in [6.07, 6.45) is 3.02. The maximum absolute atomic E-state index is 13.6. The van der Waals surface area contributed by atoms with Crippen molar-refractivity contribution in [2.45, 2.75) is 32.2 Å². The monoisotopic (exact) mass is 482 g/mol. The van der Waals surface area contributed by atoms with Crippen molar-refractivity contribution < 1.29 is 23.4 Å². The van der Waals surface area contributed by atoms with E-state index in [9.17, 15) is 9.18 Å². The van der Waals surface area contributed by atoms with Gasteiger partial charge in [0.15, 0.2) is 5.82 Å². The first-order valence-corrected chi connectivity index (χ1v) is 11.5. The lowest BCUT2D eigenvalue weighted by molar-refractivity contribution is -0.230. The van der Waals surface area contributed by atoms with Crippen molar-refractivity contribution in [2.75, 3.05) is 31.7 Å². The third-order valence-electron chi connectivity index (χ3n) is 6.19. The third-order valence-corrected chi connectivity index (χ3v) is 6.19. The number of aromatic amines is 1. The van der Waals surface area contributed by atoms with Crippen LogP contribution in [0.15, 0.2) is 36.5 Å². The summed E-state index contributed by atoms with van der Waals surface area (Å²) < 4.78 is 30.8. The van der Waals surface area contributed by atoms with Crippen molar-refractivity contribution in [1.29, 1.82) is 0 Å². The van der Waals surface area contributed by atoms with Crippen LogP contribution in [0.5, 0.6) is 0 Å². The van der Waals surface area contributed by atoms with Crippen molar-refractivity contribution in [3.63, 3.8) is 0 Å². The van der Waals surface area contributed by atoms with Gasteiger partial charge in [0.2, 0.25) is 18.1 Å². The summed E-state index contributed by atoms with van der Waals surface area (Å²) in [4.78, 5) is 28.6. The Morgan fingerprint density at radius 1 is 1.20 bits per heavy atom. The molecule has 2 aliphatic rings. The van der Waals surface area contributed by atoms with Crippen LogP contribution in [-0.4, -0.2) is 58.3 Å². The standard InChI is InChI=1S/C24H27FN6O4/c1-24(22(26)32)12-34-21(35-13-24)20-30-18(14-4-6-15(25)7-5-14)19(31-20)17-8-9-27-23(29-17)28-11-16-3-2-10-33-16/h4-9,16,21H,2-3,10-13H2,1H3,(H2,26,32)(H,30,31)(H,27,28,29). The summed E-state index contributed by atoms with van der Waals surface area (Å²) in [5.74, 6) is 0.0189. The Hall–Kier alpha value is -3.41. The molecule has 5 rings (SSSR count). The zero-order chi connectivity index (χ0) is 24.4. The number of hydrogen-bond donors (Lipinski definition) is 3. The van der Waals surface area contributed by atoms with Gasteiger partial charge in [-0.25, -0.2) is 19.3 Å². The SMILES string of the molecule is CC1(C(N)=O)COC(c2nc(-c3ccc(F)cc3)c(-c3ccnc(NCC4CCCO4)n3)[nH]2)OC1. The highest BCUT2D eigenvalue weighted by Gasteiger charge is 2.39. The molecule has 0 spiro atoms. The molecule has 0 saturated carbocycles. The van der Waals surface area contributed by atoms with Crippen LogP contribution in [0.25, 0.3) is 22.6 Å². The fourth-order valence-electron chi connectivity index (χ4n) is 4.01. The number of benzene rings is 1. The number of nitrogens with two attached hydrogens (primary N) is 1. The molecule has 2 saturated heterocycles. The normalized spacial score (nSPS) is 24.4. The van der Waals surface area contributed by atoms with Gasteiger partial charge in [0.1, 0.15) is 5.82 Å². The number of rotatable bonds is 7. The number of halogens is 1. The quantitative estimate of drug-likeness (QED) is 0.468. The number of imidazole rings is 1. The van der Waals surface area contributed by atoms with E-state index in [1.165, 1.54) is 12.1 Å². The summed E-state index contributed by atoms with van der Waals surface area (Å²) in [5.41, 5.74) is 6.99. The number of carbonyl (C=O) groups excluding carboxylic acids is 1. The molecule has 4 heterocycles. The number of amides is 1. The molecule has 0 bridgehead atoms. The van der Waals surface area contributed by atoms with Gasteiger partial charge in [-0.2, -0.15) is 0 Å². The van der Waals surface area contributed by atoms with Gasteiger partial charge in [-0.1, -0.05) is 0 Å². The molecule has 2 fully saturated rings. The van der Waals surface area contributed by atoms with Crippen LogP contribution in [-0.2, 0) is 19.0 Å². The Balaban J connectivity index is 1.44. The highest BCUT2D eigenvalue weighted by atomic mass is 19.1. The zero-order valence-corrected chi connectivity index (χ0v) is 19.3. The fraction of sp³-hybridized carbons (Fsp3) is 0.417. The van der Waals surface area contributed by atoms with Crippen LogP contribution in [0, 0.1) is 11.2 Å². The van der Waals surface area contributed by atoms with Gasteiger partial charge in [-0.3, -0.25) is 4.79 Å². The highest BCUT2D eigenvalue weighted by molar-refractivity contribution is 5.81. The van der Waals surface area contributed by atoms with Crippen LogP contribution in [0.2, 0.25) is 0 Å². The number of H-pyrrole nitrogens is 1. The van der Waals surface area contributed by atoms with E-state index in [1.807, 2.05) is 0 Å². The summed E-state index contributed by atoms with van der Waals surface area (Å²) in [6, 6.07) is 7.78. The molecule has 1 unspecified atom stereocenters. The third kappa shape index (κ3) is 5.02. The molecule has 35 heavy (non-hydrogen) atoms. The predicted molar refractivity (Wildman–Crippen MR) is 124 cm³/mol. The van der Waals surface area contributed by atoms with E-state index >= 15 is 0 Å². The number of nitrogens with zero attached hydrogens (tertiary/aromatic N) is 3. The Labute approximate surface area is 201 Å². The van der Waals surface area contributed by atoms with Crippen molar-refractivity contribution in [3.8, 4) is 22.6 Å². The second-order valence-corrected chi connectivity index (χ2v) is 9.01. The van der Waals surface area contributed by atoms with E-state index < -0.39 is 17.6 Å². The van der Waals surface area contributed by atoms with Crippen LogP contribution < -0.4 is 11.1 Å². The molecule has 0 radical (unpaired) electrons. The first-order valence-electron chi connectivity index (χ1n) is 11.5. The molecule has 1 amide bonds. The van der Waals surface area contributed by atoms with Crippen molar-refractivity contribution in [2.24, 2.45) is 11.1 Å². The highest BCUT2D eigenvalue weighted by Crippen LogP contribution is 2.35. The Bertz CT molecular complexity index is 1190. The van der Waals surface area contributed by atoms with Gasteiger partial charge in [-0.05, 0) is 50.1 Å². The van der Waals surface area contributed by atoms with Gasteiger partial charge in [0, 0.05) is 24.9 Å². The van der Waals surface area contributed by atoms with Gasteiger partial charge in [0.25, 0.3) is 0 Å². The smallest absolute Gasteiger partial charge is 0.228 e. The number of aromatic nitrogens is 4. The number of carbonyl (C=O) groups is 1. The Morgan fingerprint density at radius 2 is 1.97 bits per heavy atom. The molecule has 184 valence electrons. The Kier molecular flexibility index (Phi) is 6.46. The number of anilines is 1. The van der Waals surface area contributed by atoms with Gasteiger partial charge >= 0.3 is 0 Å². The molecule has 3 aromatic rings. The lowest BCUT2D eigenvalue weighted by atomic mass is 9.91. The van der Waals surface area contributed by atoms with E-state index in [0.29, 0.717) is 41.0 Å². The molecule has 0 aliphatic carbocycles. The van der Waals surface area contributed by atoms with Crippen LogP contribution in [0.3, 0.4) is 0 Å². The van der Waals surface area contributed by atoms with Crippen molar-refractivity contribution in [3.05, 3.63) is 48.2 Å². The summed E-state index contributed by atoms with van der Waals surface area (Å²) in [5, 5.41) is 3.23. The largest absolute Gasteiger partial charge is 0.376 e. The molecule has 11 heteroatoms. The first-order chi connectivity index (χ1) is 16.9. The van der Waals surface area contributed by atoms with E-state index in [-0.39, 0.29) is 25.1 Å². The summed E-state index contributed by atoms with van der Waals surface area (Å²) in [6.45, 7) is 3.27. The number of hydrogen-bond acceptors (Lipinski definition) is 8. The fourth-order valence-corrected chi connectivity index (χ4v) is 4.01. The maximum atomic E-state index is 13.6. The molecular formula is C24H27FN6O4. The lowest BCUT2D eigenvalue weighted by Crippen LogP contribution is -2.46. The topological polar surface area (TPSA) is 137 Å². The van der Waals surface area contributed by atoms with E-state index in [0.717, 1.165) is 19.4 Å². The molecule has 4 N–H and O–H groups in total. The lowest BCUT2D eigenvalue weighted by Gasteiger charge is -2.34. The van der Waals surface area contributed by atoms with Gasteiger partial charge < -0.3 is 30.2 Å². The van der Waals surface area contributed by atoms with E-state index in [1.54, 1.807) is 31.3 Å². The van der Waals surface area contributed by atoms with Crippen molar-refractivity contribution in [1.82, 2.24) is 19.9 Å². The molecular weight excluding hydrogens is 455 g/mol.